The normalized spacial score (nSPS) is 14.7. The summed E-state index contributed by atoms with van der Waals surface area (Å²) in [6.07, 6.45) is 3.07. The predicted octanol–water partition coefficient (Wildman–Crippen LogP) is 3.68. The molecule has 0 spiro atoms. The van der Waals surface area contributed by atoms with Gasteiger partial charge in [0.05, 0.1) is 5.02 Å². The van der Waals surface area contributed by atoms with Crippen molar-refractivity contribution in [3.05, 3.63) is 64.8 Å². The number of aromatic amines is 1. The number of phenolic OH excluding ortho intramolecular Hbond substituents is 1. The van der Waals surface area contributed by atoms with E-state index in [0.29, 0.717) is 47.8 Å². The number of aromatic hydroxyl groups is 1. The summed E-state index contributed by atoms with van der Waals surface area (Å²) < 4.78 is 0. The van der Waals surface area contributed by atoms with Crippen molar-refractivity contribution in [2.45, 2.75) is 123 Å². The second kappa shape index (κ2) is 24.8. The van der Waals surface area contributed by atoms with E-state index < -0.39 is 89.7 Å². The lowest BCUT2D eigenvalue weighted by molar-refractivity contribution is -0.145. The van der Waals surface area contributed by atoms with Crippen LogP contribution in [0.25, 0.3) is 10.9 Å². The molecule has 3 aromatic rings. The smallest absolute Gasteiger partial charge is 0.326 e. The Kier molecular flexibility index (Phi) is 20.4. The largest absolute Gasteiger partial charge is 0.506 e. The molecular formula is C45H65ClN8O10. The van der Waals surface area contributed by atoms with E-state index >= 15 is 0 Å². The lowest BCUT2D eigenvalue weighted by atomic mass is 9.97. The van der Waals surface area contributed by atoms with Crippen LogP contribution in [0.15, 0.2) is 48.7 Å². The minimum absolute atomic E-state index is 0.0465. The average molecular weight is 914 g/mol. The van der Waals surface area contributed by atoms with Gasteiger partial charge >= 0.3 is 18.0 Å². The maximum Gasteiger partial charge on any atom is 0.326 e. The van der Waals surface area contributed by atoms with E-state index in [4.69, 9.17) is 17.3 Å². The van der Waals surface area contributed by atoms with Gasteiger partial charge in [0.2, 0.25) is 23.6 Å². The second-order valence-electron chi connectivity index (χ2n) is 17.0. The van der Waals surface area contributed by atoms with E-state index in [1.165, 1.54) is 19.2 Å². The van der Waals surface area contributed by atoms with Gasteiger partial charge < -0.3 is 57.5 Å². The van der Waals surface area contributed by atoms with Gasteiger partial charge in [0, 0.05) is 37.0 Å². The fraction of sp³-hybridized carbons (Fsp3) is 0.533. The first-order chi connectivity index (χ1) is 30.2. The van der Waals surface area contributed by atoms with E-state index in [2.05, 4.69) is 31.6 Å². The van der Waals surface area contributed by atoms with Crippen LogP contribution in [0.1, 0.15) is 84.8 Å². The van der Waals surface area contributed by atoms with Crippen molar-refractivity contribution in [2.75, 3.05) is 13.6 Å². The standard InChI is InChI=1S/C45H65ClN8O10/c1-8-26(6)38(44(62)63)53-45(64)51-31(16-12-13-17-47)39(56)52-37(25(4)5)41(58)49-33(18-24(2)3)42(59)54(7)35(20-28-23-48-32-22-30(46)36(55)21-29(28)32)40(57)50-34(43(60)61)19-27-14-10-9-11-15-27/h9-11,14-15,21-26,31,33-35,37-38,48,55H,8,12-13,16-20,47H2,1-7H3,(H,49,58)(H,50,57)(H,52,56)(H,60,61)(H,62,63)(H2,51,53,64)/t26?,31-,33-,34-,35-,37-,38+/m0/s1. The lowest BCUT2D eigenvalue weighted by Gasteiger charge is -2.33. The number of nitrogens with zero attached hydrogens (tertiary/aromatic N) is 1. The highest BCUT2D eigenvalue weighted by atomic mass is 35.5. The molecule has 0 aliphatic heterocycles. The number of benzene rings is 2. The van der Waals surface area contributed by atoms with Crippen LogP contribution in [0.4, 0.5) is 4.79 Å². The SMILES string of the molecule is CCC(C)[C@@H](NC(=O)N[C@@H](CCCCN)C(=O)N[C@H](C(=O)N[C@@H](CC(C)C)C(=O)N(C)[C@@H](Cc1c[nH]c2cc(Cl)c(O)cc12)C(=O)N[C@@H](Cc1ccccc1)C(=O)O)C(C)C)C(=O)O. The number of nitrogens with two attached hydrogens (primary N) is 1. The van der Waals surface area contributed by atoms with E-state index in [0.717, 1.165) is 4.90 Å². The number of likely N-dealkylation sites (N-methyl/N-ethyl adjacent to an activating group) is 1. The highest BCUT2D eigenvalue weighted by Crippen LogP contribution is 2.31. The Labute approximate surface area is 378 Å². The summed E-state index contributed by atoms with van der Waals surface area (Å²) in [4.78, 5) is 98.5. The number of hydrogen-bond donors (Lipinski definition) is 10. The zero-order chi connectivity index (χ0) is 47.8. The zero-order valence-electron chi connectivity index (χ0n) is 37.6. The fourth-order valence-corrected chi connectivity index (χ4v) is 7.38. The summed E-state index contributed by atoms with van der Waals surface area (Å²) in [7, 11) is 1.38. The molecule has 18 nitrogen and oxygen atoms in total. The fourth-order valence-electron chi connectivity index (χ4n) is 7.22. The number of hydrogen-bond acceptors (Lipinski definition) is 9. The molecular weight excluding hydrogens is 848 g/mol. The molecule has 3 rings (SSSR count). The Balaban J connectivity index is 1.94. The molecule has 0 saturated heterocycles. The lowest BCUT2D eigenvalue weighted by Crippen LogP contribution is -2.61. The highest BCUT2D eigenvalue weighted by molar-refractivity contribution is 6.32. The van der Waals surface area contributed by atoms with Gasteiger partial charge in [0.1, 0.15) is 42.0 Å². The third kappa shape index (κ3) is 15.1. The molecule has 7 atom stereocenters. The zero-order valence-corrected chi connectivity index (χ0v) is 38.3. The molecule has 0 fully saturated rings. The van der Waals surface area contributed by atoms with Crippen LogP contribution in [0.3, 0.4) is 0 Å². The van der Waals surface area contributed by atoms with Gasteiger partial charge in [-0.2, -0.15) is 0 Å². The van der Waals surface area contributed by atoms with Gasteiger partial charge in [-0.05, 0) is 73.2 Å². The number of rotatable bonds is 25. The maximum absolute atomic E-state index is 14.6. The maximum atomic E-state index is 14.6. The molecule has 0 aliphatic rings. The topological polar surface area (TPSA) is 285 Å². The Morgan fingerprint density at radius 2 is 1.44 bits per heavy atom. The summed E-state index contributed by atoms with van der Waals surface area (Å²) in [6.45, 7) is 10.8. The molecule has 11 N–H and O–H groups in total. The molecule has 64 heavy (non-hydrogen) atoms. The van der Waals surface area contributed by atoms with Gasteiger partial charge in [0.15, 0.2) is 0 Å². The molecule has 0 bridgehead atoms. The van der Waals surface area contributed by atoms with Crippen molar-refractivity contribution in [2.24, 2.45) is 23.5 Å². The quantitative estimate of drug-likeness (QED) is 0.0548. The number of H-pyrrole nitrogens is 1. The monoisotopic (exact) mass is 912 g/mol. The number of urea groups is 1. The number of phenols is 1. The summed E-state index contributed by atoms with van der Waals surface area (Å²) >= 11 is 6.14. The van der Waals surface area contributed by atoms with Crippen molar-refractivity contribution in [3.63, 3.8) is 0 Å². The number of aromatic nitrogens is 1. The van der Waals surface area contributed by atoms with Crippen LogP contribution >= 0.6 is 11.6 Å². The minimum Gasteiger partial charge on any atom is -0.506 e. The van der Waals surface area contributed by atoms with Gasteiger partial charge in [-0.1, -0.05) is 89.9 Å². The van der Waals surface area contributed by atoms with Crippen molar-refractivity contribution < 1.29 is 48.9 Å². The van der Waals surface area contributed by atoms with Crippen LogP contribution in [0.2, 0.25) is 5.02 Å². The van der Waals surface area contributed by atoms with Gasteiger partial charge in [0.25, 0.3) is 0 Å². The number of carboxylic acid groups (broad SMARTS) is 2. The van der Waals surface area contributed by atoms with Crippen molar-refractivity contribution in [1.82, 2.24) is 36.5 Å². The van der Waals surface area contributed by atoms with E-state index in [9.17, 15) is 48.9 Å². The highest BCUT2D eigenvalue weighted by Gasteiger charge is 2.37. The van der Waals surface area contributed by atoms with Crippen molar-refractivity contribution >= 4 is 64.1 Å². The first-order valence-electron chi connectivity index (χ1n) is 21.6. The Morgan fingerprint density at radius 1 is 0.781 bits per heavy atom. The van der Waals surface area contributed by atoms with E-state index in [1.54, 1.807) is 64.2 Å². The number of halogens is 1. The molecule has 1 heterocycles. The number of aliphatic carboxylic acids is 2. The van der Waals surface area contributed by atoms with Crippen LogP contribution in [-0.2, 0) is 41.6 Å². The Hall–Kier alpha value is -5.88. The minimum atomic E-state index is -1.37. The summed E-state index contributed by atoms with van der Waals surface area (Å²) in [5.74, 6) is -6.74. The van der Waals surface area contributed by atoms with Gasteiger partial charge in [-0.15, -0.1) is 0 Å². The number of carboxylic acids is 2. The third-order valence-corrected chi connectivity index (χ3v) is 11.5. The first-order valence-corrected chi connectivity index (χ1v) is 22.0. The predicted molar refractivity (Wildman–Crippen MR) is 242 cm³/mol. The number of amides is 6. The summed E-state index contributed by atoms with van der Waals surface area (Å²) in [6, 6.07) is 3.24. The number of nitrogens with one attached hydrogen (secondary N) is 6. The number of carbonyl (C=O) groups excluding carboxylic acids is 5. The number of carbonyl (C=O) groups is 7. The van der Waals surface area contributed by atoms with Crippen LogP contribution in [-0.4, -0.2) is 117 Å². The Morgan fingerprint density at radius 3 is 2.02 bits per heavy atom. The first kappa shape index (κ1) is 52.5. The third-order valence-electron chi connectivity index (χ3n) is 11.2. The van der Waals surface area contributed by atoms with Crippen molar-refractivity contribution in [1.29, 1.82) is 0 Å². The van der Waals surface area contributed by atoms with E-state index in [1.807, 2.05) is 13.8 Å². The molecule has 19 heteroatoms. The summed E-state index contributed by atoms with van der Waals surface area (Å²) in [5, 5.41) is 44.0. The van der Waals surface area contributed by atoms with Crippen LogP contribution in [0, 0.1) is 17.8 Å². The number of unbranched alkanes of at least 4 members (excludes halogenated alkanes) is 1. The molecule has 6 amide bonds. The molecule has 1 unspecified atom stereocenters. The second-order valence-corrected chi connectivity index (χ2v) is 17.4. The average Bonchev–Trinajstić information content (AvgIpc) is 3.62. The van der Waals surface area contributed by atoms with E-state index in [-0.39, 0.29) is 42.4 Å². The van der Waals surface area contributed by atoms with Gasteiger partial charge in [-0.3, -0.25) is 19.2 Å². The van der Waals surface area contributed by atoms with Gasteiger partial charge in [-0.25, -0.2) is 14.4 Å². The van der Waals surface area contributed by atoms with Crippen LogP contribution < -0.4 is 32.3 Å². The molecule has 352 valence electrons. The number of fused-ring (bicyclic) bond motifs is 1. The molecule has 2 aromatic carbocycles. The summed E-state index contributed by atoms with van der Waals surface area (Å²) in [5.41, 5.74) is 7.38. The van der Waals surface area contributed by atoms with Crippen molar-refractivity contribution in [3.8, 4) is 5.75 Å². The van der Waals surface area contributed by atoms with Crippen LogP contribution in [0.5, 0.6) is 5.75 Å². The molecule has 0 saturated carbocycles. The molecule has 0 radical (unpaired) electrons. The molecule has 0 aliphatic carbocycles. The Bertz CT molecular complexity index is 2080. The molecule has 1 aromatic heterocycles.